The second kappa shape index (κ2) is 7.04. The van der Waals surface area contributed by atoms with Crippen LogP contribution in [0.5, 0.6) is 5.75 Å². The highest BCUT2D eigenvalue weighted by molar-refractivity contribution is 7.99. The molecule has 0 amide bonds. The predicted molar refractivity (Wildman–Crippen MR) is 85.2 cm³/mol. The number of aromatic carboxylic acids is 1. The van der Waals surface area contributed by atoms with Crippen LogP contribution in [0.15, 0.2) is 47.4 Å². The molecule has 110 valence electrons. The summed E-state index contributed by atoms with van der Waals surface area (Å²) >= 11 is 1.59. The number of anilines is 1. The summed E-state index contributed by atoms with van der Waals surface area (Å²) in [6.07, 6.45) is 0. The fourth-order valence-electron chi connectivity index (χ4n) is 1.87. The molecule has 2 aromatic rings. The quantitative estimate of drug-likeness (QED) is 0.486. The van der Waals surface area contributed by atoms with Gasteiger partial charge in [0.1, 0.15) is 11.3 Å². The number of carboxylic acids is 1. The number of rotatable bonds is 6. The van der Waals surface area contributed by atoms with Gasteiger partial charge in [-0.1, -0.05) is 18.2 Å². The third-order valence-corrected chi connectivity index (χ3v) is 3.93. The number of para-hydroxylation sites is 1. The molecule has 0 aliphatic carbocycles. The number of thioether (sulfide) groups is 1. The van der Waals surface area contributed by atoms with Gasteiger partial charge in [0.05, 0.1) is 6.61 Å². The molecule has 0 heterocycles. The van der Waals surface area contributed by atoms with Crippen LogP contribution >= 0.6 is 11.8 Å². The Morgan fingerprint density at radius 1 is 1.29 bits per heavy atom. The van der Waals surface area contributed by atoms with Crippen LogP contribution < -0.4 is 10.5 Å². The summed E-state index contributed by atoms with van der Waals surface area (Å²) in [4.78, 5) is 12.1. The third-order valence-electron chi connectivity index (χ3n) is 2.88. The molecule has 0 unspecified atom stereocenters. The predicted octanol–water partition coefficient (Wildman–Crippen LogP) is 3.45. The van der Waals surface area contributed by atoms with E-state index in [1.165, 1.54) is 6.07 Å². The molecular formula is C16H17NO3S. The van der Waals surface area contributed by atoms with Gasteiger partial charge < -0.3 is 15.6 Å². The fraction of sp³-hybridized carbons (Fsp3) is 0.188. The van der Waals surface area contributed by atoms with Crippen molar-refractivity contribution >= 4 is 23.4 Å². The molecule has 0 aliphatic rings. The van der Waals surface area contributed by atoms with Crippen molar-refractivity contribution in [2.45, 2.75) is 11.8 Å². The Hall–Kier alpha value is -2.14. The first-order valence-electron chi connectivity index (χ1n) is 6.52. The minimum absolute atomic E-state index is 0.178. The van der Waals surface area contributed by atoms with Gasteiger partial charge in [-0.3, -0.25) is 0 Å². The first-order chi connectivity index (χ1) is 10.1. The highest BCUT2D eigenvalue weighted by Crippen LogP contribution is 2.26. The number of carboxylic acid groups (broad SMARTS) is 1. The van der Waals surface area contributed by atoms with E-state index in [1.54, 1.807) is 30.0 Å². The molecule has 5 heteroatoms. The molecule has 3 N–H and O–H groups in total. The molecule has 0 fully saturated rings. The van der Waals surface area contributed by atoms with Gasteiger partial charge >= 0.3 is 5.97 Å². The Labute approximate surface area is 127 Å². The van der Waals surface area contributed by atoms with Crippen LogP contribution in [0.4, 0.5) is 5.69 Å². The number of benzene rings is 2. The molecule has 4 nitrogen and oxygen atoms in total. The summed E-state index contributed by atoms with van der Waals surface area (Å²) in [5.74, 6) is 0.102. The molecule has 2 aromatic carbocycles. The third kappa shape index (κ3) is 4.16. The van der Waals surface area contributed by atoms with Crippen LogP contribution in [0.3, 0.4) is 0 Å². The highest BCUT2D eigenvalue weighted by atomic mass is 32.2. The molecule has 0 radical (unpaired) electrons. The van der Waals surface area contributed by atoms with E-state index in [0.717, 1.165) is 16.1 Å². The summed E-state index contributed by atoms with van der Waals surface area (Å²) in [6, 6.07) is 12.6. The average Bonchev–Trinajstić information content (AvgIpc) is 2.45. The smallest absolute Gasteiger partial charge is 0.339 e. The van der Waals surface area contributed by atoms with Gasteiger partial charge in [-0.2, -0.15) is 0 Å². The zero-order chi connectivity index (χ0) is 15.2. The molecule has 0 bridgehead atoms. The van der Waals surface area contributed by atoms with E-state index < -0.39 is 5.97 Å². The molecule has 2 rings (SSSR count). The van der Waals surface area contributed by atoms with E-state index in [2.05, 4.69) is 0 Å². The molecule has 21 heavy (non-hydrogen) atoms. The average molecular weight is 303 g/mol. The Morgan fingerprint density at radius 2 is 2.05 bits per heavy atom. The topological polar surface area (TPSA) is 72.5 Å². The lowest BCUT2D eigenvalue weighted by molar-refractivity contribution is 0.0692. The molecule has 0 atom stereocenters. The van der Waals surface area contributed by atoms with Crippen LogP contribution in [0, 0.1) is 6.92 Å². The van der Waals surface area contributed by atoms with Gasteiger partial charge in [-0.05, 0) is 36.8 Å². The van der Waals surface area contributed by atoms with Crippen LogP contribution in [0.25, 0.3) is 0 Å². The molecular weight excluding hydrogens is 286 g/mol. The summed E-state index contributed by atoms with van der Waals surface area (Å²) in [7, 11) is 0. The van der Waals surface area contributed by atoms with Crippen molar-refractivity contribution in [2.75, 3.05) is 18.1 Å². The van der Waals surface area contributed by atoms with E-state index in [9.17, 15) is 4.79 Å². The van der Waals surface area contributed by atoms with E-state index >= 15 is 0 Å². The van der Waals surface area contributed by atoms with Gasteiger partial charge in [0.25, 0.3) is 0 Å². The van der Waals surface area contributed by atoms with Gasteiger partial charge in [-0.15, -0.1) is 11.8 Å². The van der Waals surface area contributed by atoms with E-state index in [4.69, 9.17) is 15.6 Å². The second-order valence-electron chi connectivity index (χ2n) is 4.54. The summed E-state index contributed by atoms with van der Waals surface area (Å²) in [5, 5.41) is 9.06. The van der Waals surface area contributed by atoms with Gasteiger partial charge in [0.15, 0.2) is 0 Å². The van der Waals surface area contributed by atoms with Crippen molar-refractivity contribution in [3.63, 3.8) is 0 Å². The van der Waals surface area contributed by atoms with E-state index in [1.807, 2.05) is 25.1 Å². The zero-order valence-corrected chi connectivity index (χ0v) is 12.5. The number of hydrogen-bond acceptors (Lipinski definition) is 4. The maximum Gasteiger partial charge on any atom is 0.339 e. The van der Waals surface area contributed by atoms with Crippen molar-refractivity contribution in [3.05, 3.63) is 53.6 Å². The Kier molecular flexibility index (Phi) is 5.11. The zero-order valence-electron chi connectivity index (χ0n) is 11.7. The number of ether oxygens (including phenoxy) is 1. The summed E-state index contributed by atoms with van der Waals surface area (Å²) < 4.78 is 5.54. The van der Waals surface area contributed by atoms with E-state index in [-0.39, 0.29) is 5.56 Å². The fourth-order valence-corrected chi connectivity index (χ4v) is 2.65. The standard InChI is InChI=1S/C16H17NO3S/c1-11-6-7-15(13(17)10-11)21-9-8-20-14-5-3-2-4-12(14)16(18)19/h2-7,10H,8-9,17H2,1H3,(H,18,19). The number of aryl methyl sites for hydroxylation is 1. The first kappa shape index (κ1) is 15.3. The Bertz CT molecular complexity index is 643. The minimum atomic E-state index is -0.985. The lowest BCUT2D eigenvalue weighted by Gasteiger charge is -2.09. The number of nitrogens with two attached hydrogens (primary N) is 1. The summed E-state index contributed by atoms with van der Waals surface area (Å²) in [5.41, 5.74) is 8.00. The van der Waals surface area contributed by atoms with Gasteiger partial charge in [0, 0.05) is 16.3 Å². The second-order valence-corrected chi connectivity index (χ2v) is 5.68. The largest absolute Gasteiger partial charge is 0.492 e. The van der Waals surface area contributed by atoms with Crippen molar-refractivity contribution in [3.8, 4) is 5.75 Å². The molecule has 0 spiro atoms. The van der Waals surface area contributed by atoms with Crippen LogP contribution in [0.1, 0.15) is 15.9 Å². The van der Waals surface area contributed by atoms with Crippen LogP contribution in [-0.4, -0.2) is 23.4 Å². The van der Waals surface area contributed by atoms with Crippen molar-refractivity contribution in [2.24, 2.45) is 0 Å². The first-order valence-corrected chi connectivity index (χ1v) is 7.50. The highest BCUT2D eigenvalue weighted by Gasteiger charge is 2.09. The molecule has 0 saturated heterocycles. The van der Waals surface area contributed by atoms with Gasteiger partial charge in [-0.25, -0.2) is 4.79 Å². The number of carbonyl (C=O) groups is 1. The number of hydrogen-bond donors (Lipinski definition) is 2. The molecule has 0 aromatic heterocycles. The SMILES string of the molecule is Cc1ccc(SCCOc2ccccc2C(=O)O)c(N)c1. The molecule has 0 aliphatic heterocycles. The lowest BCUT2D eigenvalue weighted by atomic mass is 10.2. The van der Waals surface area contributed by atoms with Crippen LogP contribution in [-0.2, 0) is 0 Å². The Morgan fingerprint density at radius 3 is 2.76 bits per heavy atom. The van der Waals surface area contributed by atoms with Crippen molar-refractivity contribution in [1.29, 1.82) is 0 Å². The summed E-state index contributed by atoms with van der Waals surface area (Å²) in [6.45, 7) is 2.42. The monoisotopic (exact) mass is 303 g/mol. The maximum absolute atomic E-state index is 11.1. The molecule has 0 saturated carbocycles. The minimum Gasteiger partial charge on any atom is -0.492 e. The van der Waals surface area contributed by atoms with Crippen molar-refractivity contribution in [1.82, 2.24) is 0 Å². The number of nitrogen functional groups attached to an aromatic ring is 1. The van der Waals surface area contributed by atoms with Gasteiger partial charge in [0.2, 0.25) is 0 Å². The normalized spacial score (nSPS) is 10.3. The van der Waals surface area contributed by atoms with Crippen LogP contribution in [0.2, 0.25) is 0 Å². The Balaban J connectivity index is 1.89. The van der Waals surface area contributed by atoms with E-state index in [0.29, 0.717) is 18.1 Å². The maximum atomic E-state index is 11.1. The lowest BCUT2D eigenvalue weighted by Crippen LogP contribution is -2.06. The van der Waals surface area contributed by atoms with Crippen molar-refractivity contribution < 1.29 is 14.6 Å².